The van der Waals surface area contributed by atoms with Gasteiger partial charge < -0.3 is 4.74 Å². The largest absolute Gasteiger partial charge is 0.472 e. The van der Waals surface area contributed by atoms with Crippen LogP contribution in [0.1, 0.15) is 24.0 Å². The zero-order valence-electron chi connectivity index (χ0n) is 13.6. The van der Waals surface area contributed by atoms with Crippen LogP contribution < -0.4 is 4.74 Å². The van der Waals surface area contributed by atoms with Crippen LogP contribution in [-0.2, 0) is 15.8 Å². The summed E-state index contributed by atoms with van der Waals surface area (Å²) < 4.78 is 32.7. The molecule has 0 spiro atoms. The maximum Gasteiger partial charge on any atom is 0.233 e. The van der Waals surface area contributed by atoms with Gasteiger partial charge in [0.2, 0.25) is 15.9 Å². The molecule has 0 amide bonds. The fourth-order valence-corrected chi connectivity index (χ4v) is 4.46. The van der Waals surface area contributed by atoms with Crippen molar-refractivity contribution in [3.63, 3.8) is 0 Å². The van der Waals surface area contributed by atoms with Crippen molar-refractivity contribution in [3.05, 3.63) is 53.7 Å². The third-order valence-electron chi connectivity index (χ3n) is 4.00. The molecule has 2 heterocycles. The molecular weight excluding hydrogens is 326 g/mol. The molecular formula is C17H21N3O3S. The van der Waals surface area contributed by atoms with E-state index in [2.05, 4.69) is 10.2 Å². The zero-order valence-corrected chi connectivity index (χ0v) is 14.4. The minimum absolute atomic E-state index is 0.0204. The lowest BCUT2D eigenvalue weighted by molar-refractivity contribution is 0.123. The molecule has 128 valence electrons. The molecule has 1 aromatic carbocycles. The Morgan fingerprint density at radius 3 is 2.92 bits per heavy atom. The second-order valence-corrected chi connectivity index (χ2v) is 8.02. The molecule has 0 saturated carbocycles. The van der Waals surface area contributed by atoms with E-state index in [0.29, 0.717) is 19.0 Å². The van der Waals surface area contributed by atoms with Crippen molar-refractivity contribution < 1.29 is 13.2 Å². The van der Waals surface area contributed by atoms with Gasteiger partial charge in [-0.05, 0) is 31.4 Å². The summed E-state index contributed by atoms with van der Waals surface area (Å²) in [7, 11) is -3.36. The van der Waals surface area contributed by atoms with Crippen molar-refractivity contribution in [1.29, 1.82) is 0 Å². The number of benzene rings is 1. The molecule has 0 radical (unpaired) electrons. The van der Waals surface area contributed by atoms with E-state index in [1.165, 1.54) is 4.31 Å². The lowest BCUT2D eigenvalue weighted by Crippen LogP contribution is -2.44. The molecule has 0 N–H and O–H groups in total. The molecule has 3 rings (SSSR count). The van der Waals surface area contributed by atoms with Crippen molar-refractivity contribution in [1.82, 2.24) is 14.5 Å². The Balaban J connectivity index is 1.67. The number of sulfonamides is 1. The molecule has 1 aromatic heterocycles. The minimum Gasteiger partial charge on any atom is -0.472 e. The first kappa shape index (κ1) is 16.9. The van der Waals surface area contributed by atoms with Gasteiger partial charge in [0.25, 0.3) is 0 Å². The standard InChI is InChI=1S/C17H21N3O3S/c1-14-5-2-6-15(11-14)13-24(21,22)20-10-4-7-16(12-20)23-17-8-3-9-18-19-17/h2-3,5-6,8-9,11,16H,4,7,10,12-13H2,1H3. The second-order valence-electron chi connectivity index (χ2n) is 6.05. The van der Waals surface area contributed by atoms with Gasteiger partial charge in [-0.2, -0.15) is 9.40 Å². The van der Waals surface area contributed by atoms with Crippen LogP contribution in [0.15, 0.2) is 42.6 Å². The number of hydrogen-bond acceptors (Lipinski definition) is 5. The summed E-state index contributed by atoms with van der Waals surface area (Å²) in [4.78, 5) is 0. The number of aryl methyl sites for hydroxylation is 1. The zero-order chi connectivity index (χ0) is 17.0. The molecule has 1 saturated heterocycles. The summed E-state index contributed by atoms with van der Waals surface area (Å²) in [5.41, 5.74) is 1.87. The third-order valence-corrected chi connectivity index (χ3v) is 5.82. The number of aromatic nitrogens is 2. The Hall–Kier alpha value is -1.99. The van der Waals surface area contributed by atoms with Crippen molar-refractivity contribution in [2.75, 3.05) is 13.1 Å². The fourth-order valence-electron chi connectivity index (χ4n) is 2.88. The van der Waals surface area contributed by atoms with Crippen LogP contribution in [0.5, 0.6) is 5.88 Å². The van der Waals surface area contributed by atoms with E-state index < -0.39 is 10.0 Å². The van der Waals surface area contributed by atoms with Gasteiger partial charge in [0.1, 0.15) is 6.10 Å². The highest BCUT2D eigenvalue weighted by atomic mass is 32.2. The smallest absolute Gasteiger partial charge is 0.233 e. The normalized spacial score (nSPS) is 19.1. The van der Waals surface area contributed by atoms with E-state index in [9.17, 15) is 8.42 Å². The summed E-state index contributed by atoms with van der Waals surface area (Å²) >= 11 is 0. The van der Waals surface area contributed by atoms with Crippen molar-refractivity contribution in [2.45, 2.75) is 31.6 Å². The van der Waals surface area contributed by atoms with Crippen LogP contribution in [0.3, 0.4) is 0 Å². The highest BCUT2D eigenvalue weighted by molar-refractivity contribution is 7.88. The van der Waals surface area contributed by atoms with Crippen LogP contribution >= 0.6 is 0 Å². The second kappa shape index (κ2) is 7.27. The average Bonchev–Trinajstić information content (AvgIpc) is 2.56. The van der Waals surface area contributed by atoms with Gasteiger partial charge in [-0.3, -0.25) is 0 Å². The molecule has 1 aliphatic heterocycles. The number of ether oxygens (including phenoxy) is 1. The Bertz CT molecular complexity index is 781. The molecule has 6 nitrogen and oxygen atoms in total. The molecule has 2 aromatic rings. The van der Waals surface area contributed by atoms with E-state index in [-0.39, 0.29) is 11.9 Å². The lowest BCUT2D eigenvalue weighted by atomic mass is 10.1. The van der Waals surface area contributed by atoms with E-state index in [0.717, 1.165) is 24.0 Å². The fraction of sp³-hybridized carbons (Fsp3) is 0.412. The first-order valence-corrected chi connectivity index (χ1v) is 9.61. The van der Waals surface area contributed by atoms with Crippen molar-refractivity contribution in [3.8, 4) is 5.88 Å². The van der Waals surface area contributed by atoms with Crippen LogP contribution in [0.2, 0.25) is 0 Å². The molecule has 7 heteroatoms. The van der Waals surface area contributed by atoms with Crippen molar-refractivity contribution in [2.24, 2.45) is 0 Å². The van der Waals surface area contributed by atoms with Gasteiger partial charge in [0.05, 0.1) is 12.3 Å². The predicted molar refractivity (Wildman–Crippen MR) is 91.1 cm³/mol. The minimum atomic E-state index is -3.36. The summed E-state index contributed by atoms with van der Waals surface area (Å²) in [5, 5.41) is 7.67. The summed E-state index contributed by atoms with van der Waals surface area (Å²) in [6, 6.07) is 11.1. The lowest BCUT2D eigenvalue weighted by Gasteiger charge is -2.31. The molecule has 24 heavy (non-hydrogen) atoms. The first-order valence-electron chi connectivity index (χ1n) is 8.01. The van der Waals surface area contributed by atoms with Crippen LogP contribution in [0.25, 0.3) is 0 Å². The van der Waals surface area contributed by atoms with Crippen molar-refractivity contribution >= 4 is 10.0 Å². The molecule has 0 bridgehead atoms. The van der Waals surface area contributed by atoms with E-state index in [4.69, 9.17) is 4.74 Å². The Morgan fingerprint density at radius 1 is 1.29 bits per heavy atom. The monoisotopic (exact) mass is 347 g/mol. The maximum absolute atomic E-state index is 12.7. The molecule has 1 fully saturated rings. The molecule has 1 aliphatic rings. The Labute approximate surface area is 142 Å². The van der Waals surface area contributed by atoms with Gasteiger partial charge >= 0.3 is 0 Å². The molecule has 1 atom stereocenters. The Kier molecular flexibility index (Phi) is 5.11. The third kappa shape index (κ3) is 4.30. The van der Waals surface area contributed by atoms with Gasteiger partial charge in [0, 0.05) is 18.8 Å². The molecule has 0 aliphatic carbocycles. The SMILES string of the molecule is Cc1cccc(CS(=O)(=O)N2CCCC(Oc3cccnn3)C2)c1. The average molecular weight is 347 g/mol. The molecule has 1 unspecified atom stereocenters. The Morgan fingerprint density at radius 2 is 2.17 bits per heavy atom. The van der Waals surface area contributed by atoms with Crippen LogP contribution in [-0.4, -0.2) is 42.1 Å². The van der Waals surface area contributed by atoms with Gasteiger partial charge in [0.15, 0.2) is 0 Å². The highest BCUT2D eigenvalue weighted by Gasteiger charge is 2.30. The van der Waals surface area contributed by atoms with Gasteiger partial charge in [-0.25, -0.2) is 8.42 Å². The first-order chi connectivity index (χ1) is 11.5. The maximum atomic E-state index is 12.7. The van der Waals surface area contributed by atoms with E-state index in [1.54, 1.807) is 18.3 Å². The van der Waals surface area contributed by atoms with Crippen LogP contribution in [0.4, 0.5) is 0 Å². The van der Waals surface area contributed by atoms with Gasteiger partial charge in [-0.15, -0.1) is 5.10 Å². The number of piperidine rings is 1. The van der Waals surface area contributed by atoms with E-state index >= 15 is 0 Å². The topological polar surface area (TPSA) is 72.4 Å². The van der Waals surface area contributed by atoms with Crippen LogP contribution in [0, 0.1) is 6.92 Å². The van der Waals surface area contributed by atoms with E-state index in [1.807, 2.05) is 31.2 Å². The predicted octanol–water partition coefficient (Wildman–Crippen LogP) is 2.16. The highest BCUT2D eigenvalue weighted by Crippen LogP contribution is 2.21. The number of hydrogen-bond donors (Lipinski definition) is 0. The quantitative estimate of drug-likeness (QED) is 0.829. The summed E-state index contributed by atoms with van der Waals surface area (Å²) in [6.45, 7) is 2.85. The summed E-state index contributed by atoms with van der Waals surface area (Å²) in [6.07, 6.45) is 2.97. The number of rotatable bonds is 5. The summed E-state index contributed by atoms with van der Waals surface area (Å²) in [5.74, 6) is 0.451. The van der Waals surface area contributed by atoms with Gasteiger partial charge in [-0.1, -0.05) is 29.8 Å². The number of nitrogens with zero attached hydrogens (tertiary/aromatic N) is 3.